The van der Waals surface area contributed by atoms with Crippen molar-refractivity contribution in [1.82, 2.24) is 0 Å². The van der Waals surface area contributed by atoms with Gasteiger partial charge in [-0.3, -0.25) is 0 Å². The third kappa shape index (κ3) is 3.97. The molecule has 0 nitrogen and oxygen atoms in total. The van der Waals surface area contributed by atoms with E-state index < -0.39 is 0 Å². The van der Waals surface area contributed by atoms with Gasteiger partial charge < -0.3 is 0 Å². The highest BCUT2D eigenvalue weighted by Crippen LogP contribution is 3.45. The van der Waals surface area contributed by atoms with Crippen LogP contribution in [0.3, 0.4) is 0 Å². The average molecular weight is 1240 g/mol. The van der Waals surface area contributed by atoms with Crippen molar-refractivity contribution in [2.75, 3.05) is 0 Å². The molecule has 0 heteroatoms. The predicted octanol–water partition coefficient (Wildman–Crippen LogP) is 24.1. The zero-order valence-electron chi connectivity index (χ0n) is 64.3. The van der Waals surface area contributed by atoms with Crippen molar-refractivity contribution in [1.29, 1.82) is 0 Å². The van der Waals surface area contributed by atoms with Crippen LogP contribution in [0.15, 0.2) is 0 Å². The molecule has 0 aliphatic heterocycles. The fourth-order valence-corrected chi connectivity index (χ4v) is 48.3. The van der Waals surface area contributed by atoms with Gasteiger partial charge in [-0.05, 0) is 302 Å². The highest BCUT2D eigenvalue weighted by atomic mass is 15.5. The molecule has 46 unspecified atom stereocenters. The lowest BCUT2D eigenvalue weighted by atomic mass is 8.60. The van der Waals surface area contributed by atoms with Gasteiger partial charge in [-0.1, -0.05) is 263 Å². The van der Waals surface area contributed by atoms with E-state index in [2.05, 4.69) is 173 Å². The molecule has 0 radical (unpaired) electrons. The summed E-state index contributed by atoms with van der Waals surface area (Å²) in [6, 6.07) is 0. The second kappa shape index (κ2) is 16.5. The highest BCUT2D eigenvalue weighted by molar-refractivity contribution is 5.88. The first-order chi connectivity index (χ1) is 43.1. The molecule has 20 aliphatic carbocycles. The molecule has 0 aromatic carbocycles. The van der Waals surface area contributed by atoms with Crippen LogP contribution in [0.5, 0.6) is 0 Å². The maximum Gasteiger partial charge on any atom is -0.00566 e. The first-order valence-electron chi connectivity index (χ1n) is 43.1. The lowest BCUT2D eigenvalue weighted by Crippen LogP contribution is -3.41. The third-order valence-corrected chi connectivity index (χ3v) is 48.8. The van der Waals surface area contributed by atoms with Crippen LogP contribution in [0.1, 0.15) is 295 Å². The summed E-state index contributed by atoms with van der Waals surface area (Å²) in [6.45, 7) is 72.2. The molecule has 0 bridgehead atoms. The second-order valence-corrected chi connectivity index (χ2v) is 43.9. The zero-order chi connectivity index (χ0) is 64.3. The lowest BCUT2D eigenvalue weighted by Gasteiger charge is -3.43. The largest absolute Gasteiger partial charge is 0.0651 e. The Kier molecular flexibility index (Phi) is 11.0. The summed E-state index contributed by atoms with van der Waals surface area (Å²) in [5.74, 6) is 29.1. The van der Waals surface area contributed by atoms with Crippen molar-refractivity contribution < 1.29 is 0 Å². The summed E-state index contributed by atoms with van der Waals surface area (Å²) in [6.07, 6.45) is 28.0. The molecule has 508 valence electrons. The van der Waals surface area contributed by atoms with Gasteiger partial charge in [0.05, 0.1) is 0 Å². The van der Waals surface area contributed by atoms with E-state index in [-0.39, 0.29) is 0 Å². The topological polar surface area (TPSA) is 0 Å². The molecule has 0 amide bonds. The van der Waals surface area contributed by atoms with E-state index in [0.29, 0.717) is 48.7 Å². The predicted molar refractivity (Wildman–Crippen MR) is 377 cm³/mol. The van der Waals surface area contributed by atoms with Gasteiger partial charge in [-0.25, -0.2) is 0 Å². The Morgan fingerprint density at radius 1 is 0.264 bits per heavy atom. The normalized spacial score (nSPS) is 75.5. The van der Waals surface area contributed by atoms with E-state index in [1.807, 2.05) is 0 Å². The van der Waals surface area contributed by atoms with Crippen molar-refractivity contribution in [3.05, 3.63) is 0 Å². The van der Waals surface area contributed by atoms with Crippen LogP contribution in [-0.4, -0.2) is 0 Å². The van der Waals surface area contributed by atoms with Gasteiger partial charge in [0, 0.05) is 0 Å². The van der Waals surface area contributed by atoms with Crippen molar-refractivity contribution in [3.8, 4) is 0 Å². The van der Waals surface area contributed by atoms with Gasteiger partial charge in [0.2, 0.25) is 0 Å². The van der Waals surface area contributed by atoms with Gasteiger partial charge in [0.1, 0.15) is 0 Å². The van der Waals surface area contributed by atoms with E-state index in [9.17, 15) is 0 Å². The number of hydrogen-bond acceptors (Lipinski definition) is 0. The molecular formula is C91H144. The van der Waals surface area contributed by atoms with Crippen LogP contribution in [0.25, 0.3) is 0 Å². The van der Waals surface area contributed by atoms with E-state index in [1.165, 1.54) is 126 Å². The molecule has 91 heavy (non-hydrogen) atoms. The summed E-state index contributed by atoms with van der Waals surface area (Å²) < 4.78 is 0. The number of rotatable bonds is 8. The Bertz CT molecular complexity index is 3200. The first kappa shape index (κ1) is 60.9. The van der Waals surface area contributed by atoms with Crippen LogP contribution >= 0.6 is 0 Å². The van der Waals surface area contributed by atoms with Crippen molar-refractivity contribution in [3.63, 3.8) is 0 Å². The molecule has 20 aliphatic rings. The summed E-state index contributed by atoms with van der Waals surface area (Å²) in [5, 5.41) is 0. The smallest absolute Gasteiger partial charge is 0.00566 e. The van der Waals surface area contributed by atoms with Crippen LogP contribution in [0.4, 0.5) is 0 Å². The van der Waals surface area contributed by atoms with Crippen molar-refractivity contribution in [2.45, 2.75) is 295 Å². The quantitative estimate of drug-likeness (QED) is 0.227. The standard InChI is InChI=1S/C91H144/c1-26-55-39-37-41-62(52(15)51(14)50(13)49(12)48(11)47(10)42-56(27-2)58(29-4)60(31-6)61(32-7)59(30-5)57(55)28-3)64-43-46(9)45(8)38-35-33-34-36-40-63-68-67(53(64)16)77(19)79(21)81(23)83(25)82(24)80(22)78(20)76(18)54(17)65-44-66-70-72-74-75-73-71-69(63)85(68,77)87(71,79)89(73,81)91(75,83)90(74,82)88(72,80)86(70,78)84(65,66)76/h45-75H,26-44H2,1-25H3/t45?,46?,47?,48?,49?,50?,51?,52?,53?,54?,55?,56?,57?,58?,59?,60?,61?,62?,63?,64?,65?,66-,67?,68?,69?,70?,71?,72?,73?,74?,75?,76?,77?,78?,79?,80?,81?,82?,83?,84?,85?,86?,87?,88?,89?,90?,91?/m1/s1. The van der Waals surface area contributed by atoms with Crippen LogP contribution < -0.4 is 0 Å². The van der Waals surface area contributed by atoms with Crippen LogP contribution in [0.2, 0.25) is 0 Å². The molecule has 0 aromatic heterocycles. The highest BCUT2D eigenvalue weighted by Gasteiger charge is 3.43. The Hall–Kier alpha value is 0. The molecule has 0 saturated heterocycles. The average Bonchev–Trinajstić information content (AvgIpc) is 0.473. The second-order valence-electron chi connectivity index (χ2n) is 43.9. The summed E-state index contributed by atoms with van der Waals surface area (Å²) in [4.78, 5) is 0. The molecule has 8 spiro atoms. The monoisotopic (exact) mass is 1240 g/mol. The minimum atomic E-state index is 0.509. The molecule has 0 heterocycles. The third-order valence-electron chi connectivity index (χ3n) is 48.8. The summed E-state index contributed by atoms with van der Waals surface area (Å²) in [5.41, 5.74) is 10.5. The fraction of sp³-hybridized carbons (Fsp3) is 1.00. The molecule has 20 fully saturated rings. The SMILES string of the molecule is CCC1CCCC(C2CC(C)C(C)CCCCCCC3C4C(C2C)C2(C)C45C3C3C4C6C7C8C9[C@H]%10CC%11C(C)C%12(C)C%11%10C9%10C%12(C)C9(C)C%11(C)C%12(C)C%13(C)C2(C)C35C4%13C6%12C7%11C89%10)C(C)C(C)C(C)C(C)C(C)C(C)CC(CC)C(CC)C(CC)C(CC)C(CC)C1CC. The zero-order valence-corrected chi connectivity index (χ0v) is 64.3. The minimum absolute atomic E-state index is 0.509. The van der Waals surface area contributed by atoms with Gasteiger partial charge in [-0.2, -0.15) is 0 Å². The van der Waals surface area contributed by atoms with Gasteiger partial charge in [-0.15, -0.1) is 0 Å². The maximum atomic E-state index is 3.23. The molecule has 20 saturated carbocycles. The summed E-state index contributed by atoms with van der Waals surface area (Å²) in [7, 11) is 0. The minimum Gasteiger partial charge on any atom is -0.0651 e. The number of hydrogen-bond donors (Lipinski definition) is 0. The van der Waals surface area contributed by atoms with Crippen LogP contribution in [-0.2, 0) is 0 Å². The van der Waals surface area contributed by atoms with E-state index in [0.717, 1.165) is 198 Å². The fourth-order valence-electron chi connectivity index (χ4n) is 48.3. The lowest BCUT2D eigenvalue weighted by molar-refractivity contribution is -0.981. The van der Waals surface area contributed by atoms with Gasteiger partial charge in [0.25, 0.3) is 0 Å². The molecule has 0 N–H and O–H groups in total. The van der Waals surface area contributed by atoms with Crippen LogP contribution in [0, 0.1) is 270 Å². The Labute approximate surface area is 561 Å². The van der Waals surface area contributed by atoms with Gasteiger partial charge >= 0.3 is 0 Å². The molecule has 47 atom stereocenters. The van der Waals surface area contributed by atoms with Crippen molar-refractivity contribution in [2.24, 2.45) is 270 Å². The molecule has 20 rings (SSSR count). The van der Waals surface area contributed by atoms with E-state index in [1.54, 1.807) is 19.3 Å². The first-order valence-corrected chi connectivity index (χ1v) is 43.1. The maximum absolute atomic E-state index is 3.23. The Morgan fingerprint density at radius 2 is 0.703 bits per heavy atom. The Morgan fingerprint density at radius 3 is 1.26 bits per heavy atom. The summed E-state index contributed by atoms with van der Waals surface area (Å²) >= 11 is 0. The van der Waals surface area contributed by atoms with E-state index in [4.69, 9.17) is 0 Å². The number of fused-ring (bicyclic) bond motifs is 16. The molecule has 0 aromatic rings. The van der Waals surface area contributed by atoms with Gasteiger partial charge in [0.15, 0.2) is 0 Å². The Balaban J connectivity index is 0.694. The molecular weight excluding hydrogens is 1090 g/mol. The van der Waals surface area contributed by atoms with E-state index >= 15 is 0 Å². The van der Waals surface area contributed by atoms with Crippen molar-refractivity contribution >= 4 is 0 Å².